The second kappa shape index (κ2) is 9.17. The largest absolute Gasteiger partial charge is 0.387 e. The Hall–Kier alpha value is -2.74. The lowest BCUT2D eigenvalue weighted by Crippen LogP contribution is -2.42. The highest BCUT2D eigenvalue weighted by Gasteiger charge is 2.47. The Balaban J connectivity index is 1.97. The number of carbonyl (C=O) groups is 1. The van der Waals surface area contributed by atoms with E-state index in [-0.39, 0.29) is 0 Å². The second-order valence-electron chi connectivity index (χ2n) is 6.70. The summed E-state index contributed by atoms with van der Waals surface area (Å²) in [5.74, 6) is 6.31. The van der Waals surface area contributed by atoms with Gasteiger partial charge in [0.25, 0.3) is 5.91 Å². The number of likely N-dealkylation sites (N-methyl/N-ethyl adjacent to an activating group) is 1. The van der Waals surface area contributed by atoms with E-state index in [2.05, 4.69) is 44.4 Å². The van der Waals surface area contributed by atoms with Gasteiger partial charge in [0.15, 0.2) is 29.3 Å². The number of rotatable bonds is 6. The minimum absolute atomic E-state index is 0.313. The molecule has 2 aromatic rings. The van der Waals surface area contributed by atoms with Gasteiger partial charge >= 0.3 is 0 Å². The molecule has 4 atom stereocenters. The highest BCUT2D eigenvalue weighted by Crippen LogP contribution is 2.32. The molecule has 29 heavy (non-hydrogen) atoms. The van der Waals surface area contributed by atoms with Crippen LogP contribution >= 0.6 is 0 Å². The molecular weight excluding hydrogens is 376 g/mol. The molecule has 0 spiro atoms. The fourth-order valence-corrected chi connectivity index (χ4v) is 3.12. The van der Waals surface area contributed by atoms with E-state index in [1.54, 1.807) is 14.0 Å². The summed E-state index contributed by atoms with van der Waals surface area (Å²) in [6, 6.07) is 0. The molecule has 2 aromatic heterocycles. The zero-order valence-corrected chi connectivity index (χ0v) is 16.7. The molecule has 0 aliphatic carbocycles. The zero-order valence-electron chi connectivity index (χ0n) is 16.7. The highest BCUT2D eigenvalue weighted by molar-refractivity contribution is 5.84. The van der Waals surface area contributed by atoms with E-state index in [4.69, 9.17) is 4.74 Å². The van der Waals surface area contributed by atoms with Gasteiger partial charge in [-0.15, -0.1) is 0 Å². The number of nitrogens with one attached hydrogen (secondary N) is 2. The number of nitrogens with zero attached hydrogens (tertiary/aromatic N) is 4. The van der Waals surface area contributed by atoms with Crippen LogP contribution in [0.15, 0.2) is 6.33 Å². The van der Waals surface area contributed by atoms with Crippen molar-refractivity contribution in [2.75, 3.05) is 18.9 Å². The molecule has 1 aliphatic heterocycles. The van der Waals surface area contributed by atoms with Gasteiger partial charge in [-0.1, -0.05) is 19.3 Å². The molecule has 0 aromatic carbocycles. The summed E-state index contributed by atoms with van der Waals surface area (Å²) in [5.41, 5.74) is 0.857. The van der Waals surface area contributed by atoms with Gasteiger partial charge in [0.05, 0.1) is 6.33 Å². The Morgan fingerprint density at radius 2 is 2.10 bits per heavy atom. The molecule has 1 saturated heterocycles. The summed E-state index contributed by atoms with van der Waals surface area (Å²) >= 11 is 0. The predicted octanol–water partition coefficient (Wildman–Crippen LogP) is 0.165. The van der Waals surface area contributed by atoms with Crippen LogP contribution in [-0.2, 0) is 9.53 Å². The van der Waals surface area contributed by atoms with Crippen LogP contribution < -0.4 is 10.6 Å². The monoisotopic (exact) mass is 402 g/mol. The van der Waals surface area contributed by atoms with E-state index in [1.807, 2.05) is 0 Å². The molecule has 1 amide bonds. The summed E-state index contributed by atoms with van der Waals surface area (Å²) in [5, 5.41) is 26.3. The van der Waals surface area contributed by atoms with E-state index >= 15 is 0 Å². The Morgan fingerprint density at radius 3 is 2.79 bits per heavy atom. The van der Waals surface area contributed by atoms with E-state index in [0.717, 1.165) is 19.3 Å². The van der Waals surface area contributed by atoms with Crippen molar-refractivity contribution < 1.29 is 19.7 Å². The number of carbonyl (C=O) groups excluding carboxylic acids is 1. The fraction of sp³-hybridized carbons (Fsp3) is 0.579. The van der Waals surface area contributed by atoms with Crippen LogP contribution in [0.3, 0.4) is 0 Å². The van der Waals surface area contributed by atoms with Crippen LogP contribution in [0.25, 0.3) is 11.2 Å². The minimum Gasteiger partial charge on any atom is -0.387 e. The van der Waals surface area contributed by atoms with E-state index in [1.165, 1.54) is 10.9 Å². The Bertz CT molecular complexity index is 934. The van der Waals surface area contributed by atoms with Crippen molar-refractivity contribution in [2.24, 2.45) is 0 Å². The average molecular weight is 402 g/mol. The first-order valence-corrected chi connectivity index (χ1v) is 9.72. The number of amides is 1. The van der Waals surface area contributed by atoms with Gasteiger partial charge in [-0.2, -0.15) is 0 Å². The van der Waals surface area contributed by atoms with Gasteiger partial charge in [0, 0.05) is 20.0 Å². The van der Waals surface area contributed by atoms with Crippen molar-refractivity contribution >= 4 is 22.9 Å². The number of ether oxygens (including phenoxy) is 1. The first-order chi connectivity index (χ1) is 14.0. The van der Waals surface area contributed by atoms with Crippen molar-refractivity contribution in [1.82, 2.24) is 24.8 Å². The summed E-state index contributed by atoms with van der Waals surface area (Å²) in [6.45, 7) is 4.24. The van der Waals surface area contributed by atoms with Crippen LogP contribution in [0.2, 0.25) is 0 Å². The van der Waals surface area contributed by atoms with Crippen LogP contribution in [0, 0.1) is 11.8 Å². The summed E-state index contributed by atoms with van der Waals surface area (Å²) in [6.07, 6.45) is -0.682. The molecule has 0 radical (unpaired) electrons. The first-order valence-electron chi connectivity index (χ1n) is 9.72. The lowest BCUT2D eigenvalue weighted by Gasteiger charge is -2.16. The quantitative estimate of drug-likeness (QED) is 0.397. The molecule has 0 unspecified atom stereocenters. The molecule has 3 heterocycles. The molecule has 3 rings (SSSR count). The molecule has 10 heteroatoms. The van der Waals surface area contributed by atoms with Crippen molar-refractivity contribution in [3.05, 3.63) is 12.2 Å². The molecule has 1 aliphatic rings. The van der Waals surface area contributed by atoms with Gasteiger partial charge in [-0.05, 0) is 19.3 Å². The van der Waals surface area contributed by atoms with Gasteiger partial charge < -0.3 is 25.6 Å². The SMILES string of the molecule is CCCCC#Cc1nc(NC)c2ncn([C@@H]3O[C@H](C(=O)NCC)[C@H](O)[C@@H]3O)c2n1. The smallest absolute Gasteiger partial charge is 0.252 e. The molecule has 10 nitrogen and oxygen atoms in total. The van der Waals surface area contributed by atoms with Crippen molar-refractivity contribution in [3.8, 4) is 11.8 Å². The van der Waals surface area contributed by atoms with E-state index < -0.39 is 30.4 Å². The van der Waals surface area contributed by atoms with Crippen LogP contribution in [0.4, 0.5) is 5.82 Å². The van der Waals surface area contributed by atoms with Crippen LogP contribution in [-0.4, -0.2) is 67.5 Å². The van der Waals surface area contributed by atoms with Gasteiger partial charge in [-0.25, -0.2) is 15.0 Å². The summed E-state index contributed by atoms with van der Waals surface area (Å²) in [4.78, 5) is 25.2. The lowest BCUT2D eigenvalue weighted by molar-refractivity contribution is -0.137. The first kappa shape index (κ1) is 21.0. The van der Waals surface area contributed by atoms with Gasteiger partial charge in [0.2, 0.25) is 5.82 Å². The number of hydrogen-bond donors (Lipinski definition) is 4. The standard InChI is InChI=1S/C19H26N6O4/c1-4-6-7-8-9-11-23-16(20-3)12-17(24-11)25(10-22-12)19-14(27)13(26)15(29-19)18(28)21-5-2/h10,13-15,19,26-27H,4-7H2,1-3H3,(H,21,28)(H,20,23,24)/t13-,14+,15+,19-/m1/s1. The van der Waals surface area contributed by atoms with Crippen LogP contribution in [0.5, 0.6) is 0 Å². The molecular formula is C19H26N6O4. The zero-order chi connectivity index (χ0) is 21.0. The highest BCUT2D eigenvalue weighted by atomic mass is 16.6. The Labute approximate surface area is 168 Å². The third-order valence-electron chi connectivity index (χ3n) is 4.64. The van der Waals surface area contributed by atoms with Crippen molar-refractivity contribution in [3.63, 3.8) is 0 Å². The summed E-state index contributed by atoms with van der Waals surface area (Å²) < 4.78 is 7.16. The van der Waals surface area contributed by atoms with Crippen molar-refractivity contribution in [1.29, 1.82) is 0 Å². The number of hydrogen-bond acceptors (Lipinski definition) is 8. The molecule has 4 N–H and O–H groups in total. The van der Waals surface area contributed by atoms with Crippen molar-refractivity contribution in [2.45, 2.75) is 57.6 Å². The van der Waals surface area contributed by atoms with E-state index in [9.17, 15) is 15.0 Å². The summed E-state index contributed by atoms with van der Waals surface area (Å²) in [7, 11) is 1.71. The van der Waals surface area contributed by atoms with Gasteiger partial charge in [-0.3, -0.25) is 9.36 Å². The number of anilines is 1. The number of fused-ring (bicyclic) bond motifs is 1. The molecule has 1 fully saturated rings. The van der Waals surface area contributed by atoms with E-state index in [0.29, 0.717) is 29.4 Å². The Kier molecular flexibility index (Phi) is 6.64. The maximum atomic E-state index is 12.1. The maximum Gasteiger partial charge on any atom is 0.252 e. The minimum atomic E-state index is -1.37. The fourth-order valence-electron chi connectivity index (χ4n) is 3.12. The number of aliphatic hydroxyl groups excluding tert-OH is 2. The molecule has 156 valence electrons. The normalized spacial score (nSPS) is 23.6. The third-order valence-corrected chi connectivity index (χ3v) is 4.64. The third kappa shape index (κ3) is 4.17. The van der Waals surface area contributed by atoms with Crippen LogP contribution in [0.1, 0.15) is 45.2 Å². The maximum absolute atomic E-state index is 12.1. The average Bonchev–Trinajstić information content (AvgIpc) is 3.26. The lowest BCUT2D eigenvalue weighted by atomic mass is 10.1. The number of aliphatic hydroxyl groups is 2. The molecule has 0 saturated carbocycles. The second-order valence-corrected chi connectivity index (χ2v) is 6.70. The number of unbranched alkanes of at least 4 members (excludes halogenated alkanes) is 2. The number of imidazole rings is 1. The number of aromatic nitrogens is 4. The van der Waals surface area contributed by atoms with Gasteiger partial charge in [0.1, 0.15) is 12.2 Å². The Morgan fingerprint density at radius 1 is 1.31 bits per heavy atom. The predicted molar refractivity (Wildman–Crippen MR) is 106 cm³/mol. The molecule has 0 bridgehead atoms. The topological polar surface area (TPSA) is 134 Å².